The lowest BCUT2D eigenvalue weighted by Crippen LogP contribution is -2.56. The van der Waals surface area contributed by atoms with E-state index in [1.165, 1.54) is 35.0 Å². The van der Waals surface area contributed by atoms with Crippen LogP contribution in [0.2, 0.25) is 0 Å². The Morgan fingerprint density at radius 2 is 2.10 bits per heavy atom. The number of pyridine rings is 1. The summed E-state index contributed by atoms with van der Waals surface area (Å²) in [6.07, 6.45) is 11.1. The van der Waals surface area contributed by atoms with Gasteiger partial charge in [-0.15, -0.1) is 0 Å². The molecule has 29 heavy (non-hydrogen) atoms. The number of ether oxygens (including phenoxy) is 2. The van der Waals surface area contributed by atoms with Crippen molar-refractivity contribution in [3.63, 3.8) is 0 Å². The molecule has 2 aromatic heterocycles. The van der Waals surface area contributed by atoms with Crippen molar-refractivity contribution >= 4 is 16.7 Å². The van der Waals surface area contributed by atoms with Gasteiger partial charge in [0, 0.05) is 42.4 Å². The summed E-state index contributed by atoms with van der Waals surface area (Å²) >= 11 is 0. The predicted molar refractivity (Wildman–Crippen MR) is 113 cm³/mol. The zero-order valence-corrected chi connectivity index (χ0v) is 16.7. The van der Waals surface area contributed by atoms with E-state index >= 15 is 0 Å². The molecule has 2 fully saturated rings. The molecule has 6 nitrogen and oxygen atoms in total. The van der Waals surface area contributed by atoms with Crippen molar-refractivity contribution in [1.82, 2.24) is 14.9 Å². The van der Waals surface area contributed by atoms with Crippen molar-refractivity contribution in [2.75, 3.05) is 38.2 Å². The number of aromatic nitrogens is 2. The Morgan fingerprint density at radius 3 is 2.97 bits per heavy atom. The van der Waals surface area contributed by atoms with E-state index in [0.29, 0.717) is 5.92 Å². The van der Waals surface area contributed by atoms with Crippen LogP contribution in [0.15, 0.2) is 41.8 Å². The Labute approximate surface area is 171 Å². The molecule has 2 atom stereocenters. The van der Waals surface area contributed by atoms with E-state index in [9.17, 15) is 0 Å². The fourth-order valence-electron chi connectivity index (χ4n) is 4.94. The Kier molecular flexibility index (Phi) is 4.35. The number of H-pyrrole nitrogens is 1. The second-order valence-electron chi connectivity index (χ2n) is 8.59. The van der Waals surface area contributed by atoms with Crippen LogP contribution in [0.3, 0.4) is 0 Å². The molecular formula is C23H28N4O2. The fourth-order valence-corrected chi connectivity index (χ4v) is 4.94. The third-order valence-electron chi connectivity index (χ3n) is 6.70. The maximum atomic E-state index is 6.23. The van der Waals surface area contributed by atoms with E-state index in [4.69, 9.17) is 14.5 Å². The number of hydrogen-bond acceptors (Lipinski definition) is 5. The molecule has 0 radical (unpaired) electrons. The minimum atomic E-state index is 0.172. The molecule has 0 aromatic carbocycles. The molecule has 4 heterocycles. The van der Waals surface area contributed by atoms with E-state index in [-0.39, 0.29) is 12.1 Å². The first kappa shape index (κ1) is 17.5. The molecule has 0 amide bonds. The molecule has 0 bridgehead atoms. The first-order chi connectivity index (χ1) is 14.4. The van der Waals surface area contributed by atoms with Gasteiger partial charge in [-0.3, -0.25) is 4.90 Å². The third-order valence-corrected chi connectivity index (χ3v) is 6.70. The number of rotatable bonds is 4. The summed E-state index contributed by atoms with van der Waals surface area (Å²) in [7, 11) is 0. The Morgan fingerprint density at radius 1 is 1.21 bits per heavy atom. The average molecular weight is 393 g/mol. The molecule has 0 spiro atoms. The molecule has 152 valence electrons. The lowest BCUT2D eigenvalue weighted by Gasteiger charge is -2.43. The van der Waals surface area contributed by atoms with Crippen LogP contribution in [0.4, 0.5) is 5.82 Å². The van der Waals surface area contributed by atoms with Crippen LogP contribution in [0, 0.1) is 0 Å². The van der Waals surface area contributed by atoms with Crippen LogP contribution in [-0.2, 0) is 9.47 Å². The SMILES string of the molecule is C1=CC2=C(CC1)OCC(N1CCOCC1)C2Nc1nccc2[nH]c(C3CC3)cc12. The van der Waals surface area contributed by atoms with Gasteiger partial charge in [0.2, 0.25) is 0 Å². The normalized spacial score (nSPS) is 27.7. The van der Waals surface area contributed by atoms with Crippen LogP contribution in [-0.4, -0.2) is 59.9 Å². The first-order valence-corrected chi connectivity index (χ1v) is 10.9. The summed E-state index contributed by atoms with van der Waals surface area (Å²) in [6.45, 7) is 4.21. The summed E-state index contributed by atoms with van der Waals surface area (Å²) in [5.74, 6) is 2.83. The van der Waals surface area contributed by atoms with Gasteiger partial charge in [0.05, 0.1) is 30.8 Å². The highest BCUT2D eigenvalue weighted by Crippen LogP contribution is 2.41. The molecule has 1 saturated heterocycles. The number of aromatic amines is 1. The highest BCUT2D eigenvalue weighted by molar-refractivity contribution is 5.90. The molecule has 6 rings (SSSR count). The second kappa shape index (κ2) is 7.18. The zero-order chi connectivity index (χ0) is 19.2. The molecule has 4 aliphatic rings. The average Bonchev–Trinajstić information content (AvgIpc) is 3.53. The van der Waals surface area contributed by atoms with Gasteiger partial charge in [0.25, 0.3) is 0 Å². The number of hydrogen-bond donors (Lipinski definition) is 2. The topological polar surface area (TPSA) is 62.4 Å². The van der Waals surface area contributed by atoms with E-state index in [0.717, 1.165) is 57.3 Å². The Hall–Kier alpha value is -2.31. The molecule has 2 N–H and O–H groups in total. The van der Waals surface area contributed by atoms with Gasteiger partial charge < -0.3 is 19.8 Å². The van der Waals surface area contributed by atoms with Gasteiger partial charge in [-0.05, 0) is 37.3 Å². The zero-order valence-electron chi connectivity index (χ0n) is 16.7. The van der Waals surface area contributed by atoms with Crippen molar-refractivity contribution in [1.29, 1.82) is 0 Å². The van der Waals surface area contributed by atoms with Crippen molar-refractivity contribution in [3.8, 4) is 0 Å². The van der Waals surface area contributed by atoms with Gasteiger partial charge in [0.15, 0.2) is 0 Å². The van der Waals surface area contributed by atoms with Crippen LogP contribution >= 0.6 is 0 Å². The Bertz CT molecular complexity index is 968. The van der Waals surface area contributed by atoms with E-state index < -0.39 is 0 Å². The minimum Gasteiger partial charge on any atom is -0.496 e. The molecule has 2 aliphatic heterocycles. The highest BCUT2D eigenvalue weighted by atomic mass is 16.5. The maximum Gasteiger partial charge on any atom is 0.135 e. The molecule has 2 unspecified atom stereocenters. The van der Waals surface area contributed by atoms with Crippen LogP contribution in [0.1, 0.15) is 37.3 Å². The van der Waals surface area contributed by atoms with Gasteiger partial charge >= 0.3 is 0 Å². The van der Waals surface area contributed by atoms with E-state index in [1.807, 2.05) is 6.20 Å². The van der Waals surface area contributed by atoms with Crippen molar-refractivity contribution in [2.45, 2.75) is 43.7 Å². The molecular weight excluding hydrogens is 364 g/mol. The summed E-state index contributed by atoms with van der Waals surface area (Å²) in [5, 5.41) is 5.04. The standard InChI is InChI=1S/C23H28N4O2/c1-2-4-21-16(3-1)22(20(14-29-21)27-9-11-28-12-10-27)26-23-17-13-19(15-5-6-15)25-18(17)7-8-24-23/h1,3,7-8,13,15,20,22,25H,2,4-6,9-12,14H2,(H,24,26). The van der Waals surface area contributed by atoms with Crippen molar-refractivity contribution < 1.29 is 9.47 Å². The van der Waals surface area contributed by atoms with Gasteiger partial charge in [-0.2, -0.15) is 0 Å². The lowest BCUT2D eigenvalue weighted by molar-refractivity contribution is -0.0107. The molecule has 2 aromatic rings. The van der Waals surface area contributed by atoms with Crippen LogP contribution in [0.5, 0.6) is 0 Å². The van der Waals surface area contributed by atoms with Crippen LogP contribution in [0.25, 0.3) is 10.9 Å². The smallest absolute Gasteiger partial charge is 0.135 e. The van der Waals surface area contributed by atoms with Crippen molar-refractivity contribution in [3.05, 3.63) is 47.5 Å². The summed E-state index contributed by atoms with van der Waals surface area (Å²) < 4.78 is 11.8. The summed E-state index contributed by atoms with van der Waals surface area (Å²) in [5.41, 5.74) is 3.81. The Balaban J connectivity index is 1.37. The molecule has 1 saturated carbocycles. The number of morpholine rings is 1. The minimum absolute atomic E-state index is 0.172. The molecule has 6 heteroatoms. The number of fused-ring (bicyclic) bond motifs is 1. The number of nitrogens with zero attached hydrogens (tertiary/aromatic N) is 2. The lowest BCUT2D eigenvalue weighted by atomic mass is 9.90. The quantitative estimate of drug-likeness (QED) is 0.833. The summed E-state index contributed by atoms with van der Waals surface area (Å²) in [6, 6.07) is 4.84. The second-order valence-corrected chi connectivity index (χ2v) is 8.59. The van der Waals surface area contributed by atoms with E-state index in [2.05, 4.69) is 39.5 Å². The van der Waals surface area contributed by atoms with Crippen molar-refractivity contribution in [2.24, 2.45) is 0 Å². The van der Waals surface area contributed by atoms with E-state index in [1.54, 1.807) is 0 Å². The van der Waals surface area contributed by atoms with Gasteiger partial charge in [-0.25, -0.2) is 4.98 Å². The fraction of sp³-hybridized carbons (Fsp3) is 0.522. The number of anilines is 1. The predicted octanol–water partition coefficient (Wildman–Crippen LogP) is 3.56. The maximum absolute atomic E-state index is 6.23. The number of allylic oxidation sites excluding steroid dienone is 2. The third kappa shape index (κ3) is 3.24. The largest absolute Gasteiger partial charge is 0.496 e. The van der Waals surface area contributed by atoms with Gasteiger partial charge in [-0.1, -0.05) is 12.2 Å². The van der Waals surface area contributed by atoms with Gasteiger partial charge in [0.1, 0.15) is 18.2 Å². The monoisotopic (exact) mass is 392 g/mol. The first-order valence-electron chi connectivity index (χ1n) is 10.9. The highest BCUT2D eigenvalue weighted by Gasteiger charge is 2.37. The van der Waals surface area contributed by atoms with Crippen LogP contribution < -0.4 is 5.32 Å². The summed E-state index contributed by atoms with van der Waals surface area (Å²) in [4.78, 5) is 10.9. The number of nitrogens with one attached hydrogen (secondary N) is 2. The molecule has 2 aliphatic carbocycles.